The average molecular weight is 518 g/mol. The summed E-state index contributed by atoms with van der Waals surface area (Å²) in [5, 5.41) is 8.24. The highest BCUT2D eigenvalue weighted by atomic mass is 35.5. The Labute approximate surface area is 215 Å². The van der Waals surface area contributed by atoms with Crippen molar-refractivity contribution in [1.29, 1.82) is 0 Å². The molecule has 2 heterocycles. The summed E-state index contributed by atoms with van der Waals surface area (Å²) in [4.78, 5) is 30.5. The first-order chi connectivity index (χ1) is 17.0. The minimum atomic E-state index is -0.575. The van der Waals surface area contributed by atoms with Crippen LogP contribution in [0.25, 0.3) is 16.6 Å². The van der Waals surface area contributed by atoms with Gasteiger partial charge < -0.3 is 24.4 Å². The van der Waals surface area contributed by atoms with E-state index in [1.165, 1.54) is 11.1 Å². The normalized spacial score (nSPS) is 11.3. The molecule has 0 fully saturated rings. The maximum absolute atomic E-state index is 12.8. The van der Waals surface area contributed by atoms with E-state index in [4.69, 9.17) is 25.8 Å². The van der Waals surface area contributed by atoms with Crippen molar-refractivity contribution in [2.45, 2.75) is 39.7 Å². The minimum absolute atomic E-state index is 0.231. The molecule has 2 aromatic heterocycles. The molecule has 11 heteroatoms. The van der Waals surface area contributed by atoms with Crippen LogP contribution in [-0.4, -0.2) is 71.1 Å². The molecule has 0 aliphatic carbocycles. The zero-order valence-corrected chi connectivity index (χ0v) is 22.2. The first-order valence-corrected chi connectivity index (χ1v) is 12.0. The van der Waals surface area contributed by atoms with Gasteiger partial charge in [0.25, 0.3) is 5.91 Å². The van der Waals surface area contributed by atoms with E-state index >= 15 is 0 Å². The number of carbonyl (C=O) groups is 2. The quantitative estimate of drug-likeness (QED) is 0.417. The van der Waals surface area contributed by atoms with Crippen LogP contribution in [0.1, 0.15) is 44.6 Å². The summed E-state index contributed by atoms with van der Waals surface area (Å²) in [6.07, 6.45) is 1.90. The molecule has 1 N–H and O–H groups in total. The third kappa shape index (κ3) is 6.57. The molecule has 3 rings (SSSR count). The molecule has 0 aliphatic heterocycles. The Bertz CT molecular complexity index is 1240. The van der Waals surface area contributed by atoms with Crippen molar-refractivity contribution >= 4 is 34.5 Å². The third-order valence-electron chi connectivity index (χ3n) is 5.06. The van der Waals surface area contributed by atoms with Crippen LogP contribution in [0.2, 0.25) is 5.15 Å². The first kappa shape index (κ1) is 27.1. The number of aromatic nitrogens is 3. The van der Waals surface area contributed by atoms with E-state index in [0.29, 0.717) is 41.2 Å². The predicted octanol–water partition coefficient (Wildman–Crippen LogP) is 4.47. The highest BCUT2D eigenvalue weighted by molar-refractivity contribution is 6.30. The summed E-state index contributed by atoms with van der Waals surface area (Å²) in [5.74, 6) is 0.747. The number of ether oxygens (including phenoxy) is 3. The van der Waals surface area contributed by atoms with Crippen molar-refractivity contribution in [2.24, 2.45) is 0 Å². The number of nitrogens with one attached hydrogen (secondary N) is 1. The lowest BCUT2D eigenvalue weighted by atomic mass is 10.2. The van der Waals surface area contributed by atoms with Gasteiger partial charge in [0, 0.05) is 31.9 Å². The summed E-state index contributed by atoms with van der Waals surface area (Å²) in [5.41, 5.74) is 0.804. The van der Waals surface area contributed by atoms with Gasteiger partial charge in [-0.25, -0.2) is 14.5 Å². The molecule has 10 nitrogen and oxygen atoms in total. The fourth-order valence-electron chi connectivity index (χ4n) is 3.32. The lowest BCUT2D eigenvalue weighted by molar-refractivity contribution is 0.0278. The molecule has 194 valence electrons. The number of rotatable bonds is 9. The van der Waals surface area contributed by atoms with Gasteiger partial charge in [0.1, 0.15) is 34.5 Å². The van der Waals surface area contributed by atoms with Crippen molar-refractivity contribution in [3.63, 3.8) is 0 Å². The summed E-state index contributed by atoms with van der Waals surface area (Å²) in [6, 6.07) is 6.89. The van der Waals surface area contributed by atoms with Crippen LogP contribution < -0.4 is 14.8 Å². The molecular weight excluding hydrogens is 486 g/mol. The first-order valence-electron chi connectivity index (χ1n) is 11.6. The number of amides is 2. The minimum Gasteiger partial charge on any atom is -0.494 e. The van der Waals surface area contributed by atoms with E-state index in [1.54, 1.807) is 43.1 Å². The SMILES string of the molecule is CCCNC(=O)c1nn(-c2cc(OCCN(C)C(=O)OC(C)(C)C)ccc2OC)c2cc(Cl)ncc12. The van der Waals surface area contributed by atoms with Crippen LogP contribution in [0.4, 0.5) is 4.79 Å². The number of hydrogen-bond acceptors (Lipinski definition) is 7. The van der Waals surface area contributed by atoms with Gasteiger partial charge in [-0.2, -0.15) is 5.10 Å². The number of halogens is 1. The van der Waals surface area contributed by atoms with Gasteiger partial charge in [0.15, 0.2) is 5.69 Å². The van der Waals surface area contributed by atoms with Gasteiger partial charge in [0.2, 0.25) is 0 Å². The summed E-state index contributed by atoms with van der Waals surface area (Å²) < 4.78 is 18.4. The standard InChI is InChI=1S/C25H32ClN5O5/c1-7-10-27-23(32)22-17-15-28-21(26)14-18(17)31(29-22)19-13-16(8-9-20(19)34-6)35-12-11-30(5)24(33)36-25(2,3)4/h8-9,13-15H,7,10-12H2,1-6H3,(H,27,32). The summed E-state index contributed by atoms with van der Waals surface area (Å²) >= 11 is 6.17. The Morgan fingerprint density at radius 3 is 2.64 bits per heavy atom. The van der Waals surface area contributed by atoms with Crippen LogP contribution in [-0.2, 0) is 4.74 Å². The molecule has 0 aliphatic rings. The molecule has 0 saturated heterocycles. The maximum Gasteiger partial charge on any atom is 0.410 e. The van der Waals surface area contributed by atoms with Gasteiger partial charge in [-0.15, -0.1) is 0 Å². The zero-order chi connectivity index (χ0) is 26.5. The molecule has 2 amide bonds. The Balaban J connectivity index is 1.88. The Morgan fingerprint density at radius 1 is 1.22 bits per heavy atom. The van der Waals surface area contributed by atoms with Crippen LogP contribution in [0.5, 0.6) is 11.5 Å². The Kier molecular flexibility index (Phi) is 8.62. The lowest BCUT2D eigenvalue weighted by Gasteiger charge is -2.24. The molecule has 0 radical (unpaired) electrons. The van der Waals surface area contributed by atoms with Crippen LogP contribution in [0.15, 0.2) is 30.5 Å². The number of nitrogens with zero attached hydrogens (tertiary/aromatic N) is 4. The predicted molar refractivity (Wildman–Crippen MR) is 137 cm³/mol. The number of carbonyl (C=O) groups excluding carboxylic acids is 2. The van der Waals surface area contributed by atoms with Crippen molar-refractivity contribution in [3.8, 4) is 17.2 Å². The van der Waals surface area contributed by atoms with Crippen molar-refractivity contribution < 1.29 is 23.8 Å². The second-order valence-corrected chi connectivity index (χ2v) is 9.51. The second kappa shape index (κ2) is 11.5. The number of methoxy groups -OCH3 is 1. The van der Waals surface area contributed by atoms with Crippen LogP contribution >= 0.6 is 11.6 Å². The number of hydrogen-bond donors (Lipinski definition) is 1. The molecule has 1 aromatic carbocycles. The van der Waals surface area contributed by atoms with Crippen LogP contribution in [0.3, 0.4) is 0 Å². The topological polar surface area (TPSA) is 108 Å². The van der Waals surface area contributed by atoms with Gasteiger partial charge in [-0.1, -0.05) is 18.5 Å². The fraction of sp³-hybridized carbons (Fsp3) is 0.440. The van der Waals surface area contributed by atoms with E-state index < -0.39 is 11.7 Å². The third-order valence-corrected chi connectivity index (χ3v) is 5.27. The fourth-order valence-corrected chi connectivity index (χ4v) is 3.47. The van der Waals surface area contributed by atoms with E-state index in [0.717, 1.165) is 6.42 Å². The van der Waals surface area contributed by atoms with Crippen LogP contribution in [0, 0.1) is 0 Å². The van der Waals surface area contributed by atoms with Gasteiger partial charge in [-0.05, 0) is 39.3 Å². The lowest BCUT2D eigenvalue weighted by Crippen LogP contribution is -2.36. The van der Waals surface area contributed by atoms with E-state index in [1.807, 2.05) is 27.7 Å². The zero-order valence-electron chi connectivity index (χ0n) is 21.4. The number of benzene rings is 1. The van der Waals surface area contributed by atoms with Crippen molar-refractivity contribution in [3.05, 3.63) is 41.3 Å². The van der Waals surface area contributed by atoms with Crippen molar-refractivity contribution in [1.82, 2.24) is 25.0 Å². The van der Waals surface area contributed by atoms with Gasteiger partial charge >= 0.3 is 6.09 Å². The van der Waals surface area contributed by atoms with E-state index in [9.17, 15) is 9.59 Å². The molecule has 3 aromatic rings. The van der Waals surface area contributed by atoms with Gasteiger partial charge in [0.05, 0.1) is 24.6 Å². The van der Waals surface area contributed by atoms with E-state index in [-0.39, 0.29) is 23.4 Å². The second-order valence-electron chi connectivity index (χ2n) is 9.12. The maximum atomic E-state index is 12.8. The smallest absolute Gasteiger partial charge is 0.410 e. The van der Waals surface area contributed by atoms with E-state index in [2.05, 4.69) is 15.4 Å². The largest absolute Gasteiger partial charge is 0.494 e. The Hall–Kier alpha value is -3.53. The average Bonchev–Trinajstić information content (AvgIpc) is 3.19. The monoisotopic (exact) mass is 517 g/mol. The number of fused-ring (bicyclic) bond motifs is 1. The Morgan fingerprint density at radius 2 is 1.97 bits per heavy atom. The van der Waals surface area contributed by atoms with Gasteiger partial charge in [-0.3, -0.25) is 4.79 Å². The summed E-state index contributed by atoms with van der Waals surface area (Å²) in [7, 11) is 3.19. The summed E-state index contributed by atoms with van der Waals surface area (Å²) in [6.45, 7) is 8.50. The highest BCUT2D eigenvalue weighted by Crippen LogP contribution is 2.32. The number of pyridine rings is 1. The molecule has 36 heavy (non-hydrogen) atoms. The molecule has 0 saturated carbocycles. The molecule has 0 atom stereocenters. The molecule has 0 spiro atoms. The number of likely N-dealkylation sites (N-methyl/N-ethyl adjacent to an activating group) is 1. The molecule has 0 bridgehead atoms. The van der Waals surface area contributed by atoms with Crippen molar-refractivity contribution in [2.75, 3.05) is 33.9 Å². The molecule has 0 unspecified atom stereocenters. The molecular formula is C25H32ClN5O5. The highest BCUT2D eigenvalue weighted by Gasteiger charge is 2.22.